The Morgan fingerprint density at radius 3 is 2.50 bits per heavy atom. The van der Waals surface area contributed by atoms with Crippen molar-refractivity contribution in [1.82, 2.24) is 19.7 Å². The lowest BCUT2D eigenvalue weighted by Crippen LogP contribution is -2.29. The summed E-state index contributed by atoms with van der Waals surface area (Å²) >= 11 is 0. The maximum atomic E-state index is 14.1. The summed E-state index contributed by atoms with van der Waals surface area (Å²) in [6.45, 7) is 5.99. The molecule has 196 valence electrons. The Morgan fingerprint density at radius 2 is 1.79 bits per heavy atom. The molecule has 1 fully saturated rings. The molecule has 3 aromatic heterocycles. The van der Waals surface area contributed by atoms with Gasteiger partial charge in [-0.05, 0) is 63.4 Å². The molecule has 0 atom stereocenters. The normalized spacial score (nSPS) is 14.7. The number of benzene rings is 2. The first kappa shape index (κ1) is 24.3. The van der Waals surface area contributed by atoms with Crippen molar-refractivity contribution in [2.24, 2.45) is 0 Å². The number of pyridine rings is 2. The Morgan fingerprint density at radius 1 is 1.03 bits per heavy atom. The van der Waals surface area contributed by atoms with E-state index in [1.165, 1.54) is 12.5 Å². The molecular formula is C28H26F3N5O2. The lowest BCUT2D eigenvalue weighted by Gasteiger charge is -2.29. The molecule has 0 saturated carbocycles. The molecule has 7 nitrogen and oxygen atoms in total. The summed E-state index contributed by atoms with van der Waals surface area (Å²) in [5.74, 6) is -0.885. The number of nitrogens with one attached hydrogen (secondary N) is 1. The fourth-order valence-electron chi connectivity index (χ4n) is 5.66. The van der Waals surface area contributed by atoms with E-state index in [9.17, 15) is 23.1 Å². The van der Waals surface area contributed by atoms with Crippen LogP contribution in [0.4, 0.5) is 18.9 Å². The quantitative estimate of drug-likeness (QED) is 0.279. The van der Waals surface area contributed by atoms with Crippen molar-refractivity contribution in [3.8, 4) is 17.0 Å². The molecule has 0 spiro atoms. The Hall–Kier alpha value is -4.08. The third-order valence-corrected chi connectivity index (χ3v) is 7.50. The van der Waals surface area contributed by atoms with Gasteiger partial charge in [-0.15, -0.1) is 0 Å². The van der Waals surface area contributed by atoms with Crippen LogP contribution in [-0.2, 0) is 12.7 Å². The van der Waals surface area contributed by atoms with Crippen molar-refractivity contribution in [3.63, 3.8) is 0 Å². The first-order chi connectivity index (χ1) is 18.2. The highest BCUT2D eigenvalue weighted by atomic mass is 19.4. The lowest BCUT2D eigenvalue weighted by molar-refractivity contribution is -0.138. The molecule has 6 rings (SSSR count). The number of aryl methyl sites for hydroxylation is 2. The summed E-state index contributed by atoms with van der Waals surface area (Å²) in [5, 5.41) is 19.4. The summed E-state index contributed by atoms with van der Waals surface area (Å²) in [4.78, 5) is 21.0. The first-order valence-electron chi connectivity index (χ1n) is 12.7. The second-order valence-electron chi connectivity index (χ2n) is 9.79. The fourth-order valence-corrected chi connectivity index (χ4v) is 5.66. The summed E-state index contributed by atoms with van der Waals surface area (Å²) < 4.78 is 42.6. The zero-order chi connectivity index (χ0) is 26.8. The standard InChI is InChI=1S/C28H26F3N5O2/c1-3-36-20-14-17(35-11-5-4-6-12-35)8-9-18(20)23-22-15(2)33-34-26(22)32-25(24(23)27(36)38)16-7-10-21(37)19(13-16)28(29,30)31/h7-10,13-14,37H,3-6,11-12H2,1-2H3,(H,32,33,34). The molecule has 1 saturated heterocycles. The Balaban J connectivity index is 1.74. The molecule has 1 aliphatic rings. The van der Waals surface area contributed by atoms with Gasteiger partial charge in [-0.2, -0.15) is 18.3 Å². The van der Waals surface area contributed by atoms with Crippen LogP contribution in [0.1, 0.15) is 37.4 Å². The van der Waals surface area contributed by atoms with Crippen LogP contribution < -0.4 is 10.5 Å². The van der Waals surface area contributed by atoms with Gasteiger partial charge in [0.2, 0.25) is 0 Å². The van der Waals surface area contributed by atoms with Crippen molar-refractivity contribution in [1.29, 1.82) is 0 Å². The van der Waals surface area contributed by atoms with Gasteiger partial charge in [0.15, 0.2) is 5.65 Å². The van der Waals surface area contributed by atoms with Crippen LogP contribution in [-0.4, -0.2) is 37.9 Å². The number of piperidine rings is 1. The summed E-state index contributed by atoms with van der Waals surface area (Å²) in [6.07, 6.45) is -1.33. The van der Waals surface area contributed by atoms with E-state index in [4.69, 9.17) is 0 Å². The van der Waals surface area contributed by atoms with Crippen LogP contribution in [0.25, 0.3) is 44.0 Å². The van der Waals surface area contributed by atoms with E-state index in [0.29, 0.717) is 28.7 Å². The topological polar surface area (TPSA) is 87.0 Å². The van der Waals surface area contributed by atoms with Crippen LogP contribution >= 0.6 is 0 Å². The van der Waals surface area contributed by atoms with Gasteiger partial charge in [-0.1, -0.05) is 6.07 Å². The predicted molar refractivity (Wildman–Crippen MR) is 142 cm³/mol. The molecule has 0 amide bonds. The molecule has 4 heterocycles. The Kier molecular flexibility index (Phi) is 5.59. The van der Waals surface area contributed by atoms with E-state index >= 15 is 0 Å². The van der Waals surface area contributed by atoms with Crippen LogP contribution in [0.5, 0.6) is 5.75 Å². The van der Waals surface area contributed by atoms with Gasteiger partial charge in [0.05, 0.1) is 27.5 Å². The number of phenolic OH excluding ortho intramolecular Hbond substituents is 1. The van der Waals surface area contributed by atoms with Crippen molar-refractivity contribution < 1.29 is 18.3 Å². The van der Waals surface area contributed by atoms with E-state index in [1.807, 2.05) is 32.0 Å². The van der Waals surface area contributed by atoms with Gasteiger partial charge in [-0.25, -0.2) is 4.98 Å². The van der Waals surface area contributed by atoms with Gasteiger partial charge < -0.3 is 14.6 Å². The Bertz CT molecular complexity index is 1780. The number of nitrogens with zero attached hydrogens (tertiary/aromatic N) is 4. The number of halogens is 3. The molecule has 0 radical (unpaired) electrons. The number of aromatic hydroxyl groups is 1. The average Bonchev–Trinajstić information content (AvgIpc) is 3.28. The second kappa shape index (κ2) is 8.75. The van der Waals surface area contributed by atoms with Crippen molar-refractivity contribution in [2.45, 2.75) is 45.8 Å². The maximum absolute atomic E-state index is 14.1. The van der Waals surface area contributed by atoms with Gasteiger partial charge in [-0.3, -0.25) is 9.89 Å². The summed E-state index contributed by atoms with van der Waals surface area (Å²) in [7, 11) is 0. The summed E-state index contributed by atoms with van der Waals surface area (Å²) in [5.41, 5.74) is 1.46. The number of anilines is 1. The fraction of sp³-hybridized carbons (Fsp3) is 0.321. The van der Waals surface area contributed by atoms with Crippen LogP contribution in [0, 0.1) is 6.92 Å². The van der Waals surface area contributed by atoms with E-state index in [-0.39, 0.29) is 22.2 Å². The van der Waals surface area contributed by atoms with Gasteiger partial charge in [0.25, 0.3) is 5.56 Å². The molecule has 0 bridgehead atoms. The van der Waals surface area contributed by atoms with E-state index in [2.05, 4.69) is 20.1 Å². The SMILES string of the molecule is CCn1c(=O)c2c(-c3ccc(O)c(C(F)(F)F)c3)nc3n[nH]c(C)c3c2c2ccc(N3CCCCC3)cc21. The lowest BCUT2D eigenvalue weighted by atomic mass is 9.97. The number of hydrogen-bond donors (Lipinski definition) is 2. The molecule has 10 heteroatoms. The summed E-state index contributed by atoms with van der Waals surface area (Å²) in [6, 6.07) is 9.23. The number of alkyl halides is 3. The number of phenols is 1. The number of aromatic amines is 1. The smallest absolute Gasteiger partial charge is 0.419 e. The van der Waals surface area contributed by atoms with Crippen LogP contribution in [0.3, 0.4) is 0 Å². The molecule has 5 aromatic rings. The number of rotatable bonds is 3. The van der Waals surface area contributed by atoms with Gasteiger partial charge in [0, 0.05) is 47.4 Å². The van der Waals surface area contributed by atoms with Crippen LogP contribution in [0.15, 0.2) is 41.2 Å². The minimum absolute atomic E-state index is 0.0757. The monoisotopic (exact) mass is 521 g/mol. The predicted octanol–water partition coefficient (Wildman–Crippen LogP) is 6.14. The van der Waals surface area contributed by atoms with Crippen molar-refractivity contribution in [2.75, 3.05) is 18.0 Å². The maximum Gasteiger partial charge on any atom is 0.419 e. The average molecular weight is 522 g/mol. The number of H-pyrrole nitrogens is 1. The third kappa shape index (κ3) is 3.69. The highest BCUT2D eigenvalue weighted by Gasteiger charge is 2.34. The number of fused-ring (bicyclic) bond motifs is 5. The second-order valence-corrected chi connectivity index (χ2v) is 9.79. The minimum Gasteiger partial charge on any atom is -0.507 e. The zero-order valence-electron chi connectivity index (χ0n) is 21.0. The molecule has 1 aliphatic heterocycles. The molecule has 2 aromatic carbocycles. The van der Waals surface area contributed by atoms with E-state index in [1.54, 1.807) is 4.57 Å². The van der Waals surface area contributed by atoms with Crippen molar-refractivity contribution >= 4 is 38.4 Å². The molecular weight excluding hydrogens is 495 g/mol. The number of hydrogen-bond acceptors (Lipinski definition) is 5. The highest BCUT2D eigenvalue weighted by molar-refractivity contribution is 6.21. The molecule has 0 aliphatic carbocycles. The third-order valence-electron chi connectivity index (χ3n) is 7.50. The van der Waals surface area contributed by atoms with Crippen molar-refractivity contribution in [3.05, 3.63) is 58.0 Å². The minimum atomic E-state index is -4.77. The van der Waals surface area contributed by atoms with Crippen LogP contribution in [0.2, 0.25) is 0 Å². The van der Waals surface area contributed by atoms with Gasteiger partial charge in [0.1, 0.15) is 5.75 Å². The first-order valence-corrected chi connectivity index (χ1v) is 12.7. The highest BCUT2D eigenvalue weighted by Crippen LogP contribution is 2.41. The van der Waals surface area contributed by atoms with E-state index < -0.39 is 17.5 Å². The zero-order valence-corrected chi connectivity index (χ0v) is 21.0. The molecule has 2 N–H and O–H groups in total. The molecule has 0 unspecified atom stereocenters. The molecule has 38 heavy (non-hydrogen) atoms. The van der Waals surface area contributed by atoms with E-state index in [0.717, 1.165) is 54.7 Å². The van der Waals surface area contributed by atoms with Gasteiger partial charge >= 0.3 is 6.18 Å². The largest absolute Gasteiger partial charge is 0.507 e. The Labute approximate surface area is 215 Å². The number of aromatic nitrogens is 4.